The molecule has 0 saturated carbocycles. The minimum atomic E-state index is -0.868. The summed E-state index contributed by atoms with van der Waals surface area (Å²) < 4.78 is 71.1. The molecule has 0 heterocycles. The van der Waals surface area contributed by atoms with E-state index in [0.717, 1.165) is 59.5 Å². The third-order valence-corrected chi connectivity index (χ3v) is 11.3. The average Bonchev–Trinajstić information content (AvgIpc) is 1.05. The van der Waals surface area contributed by atoms with E-state index in [4.69, 9.17) is 56.8 Å². The first kappa shape index (κ1) is 106. The molecule has 569 valence electrons. The molecule has 29 heteroatoms. The minimum absolute atomic E-state index is 0. The van der Waals surface area contributed by atoms with Gasteiger partial charge in [0.25, 0.3) is 0 Å². The summed E-state index contributed by atoms with van der Waals surface area (Å²) in [7, 11) is 0. The quantitative estimate of drug-likeness (QED) is 0.00692. The van der Waals surface area contributed by atoms with Crippen molar-refractivity contribution < 1.29 is 214 Å². The number of carbonyl (C=O) groups is 6. The number of halogens is 2. The van der Waals surface area contributed by atoms with Gasteiger partial charge in [0.15, 0.2) is 0 Å². The van der Waals surface area contributed by atoms with E-state index in [9.17, 15) is 49.2 Å². The maximum Gasteiger partial charge on any atom is 0.330 e. The van der Waals surface area contributed by atoms with Crippen molar-refractivity contribution >= 4 is 73.0 Å². The van der Waals surface area contributed by atoms with E-state index in [1.807, 2.05) is 26.0 Å². The van der Waals surface area contributed by atoms with E-state index in [0.29, 0.717) is 44.3 Å². The third-order valence-electron chi connectivity index (χ3n) is 11.3. The van der Waals surface area contributed by atoms with Crippen LogP contribution < -0.4 is 28.4 Å². The number of esters is 6. The Labute approximate surface area is 720 Å². The Balaban J connectivity index is -0.000000586. The van der Waals surface area contributed by atoms with E-state index in [1.54, 1.807) is 133 Å². The number of aliphatic hydroxyl groups excluding tert-OH is 4. The molecule has 6 aromatic carbocycles. The van der Waals surface area contributed by atoms with Gasteiger partial charge in [-0.15, -0.1) is 72.8 Å². The fraction of sp³-hybridized carbons (Fsp3) is 0.299. The smallest absolute Gasteiger partial charge is 0.330 e. The Morgan fingerprint density at radius 3 is 0.774 bits per heavy atom. The summed E-state index contributed by atoms with van der Waals surface area (Å²) in [6.45, 7) is 25.3. The Bertz CT molecular complexity index is 3080. The topological polar surface area (TPSA) is 313 Å². The van der Waals surface area contributed by atoms with Gasteiger partial charge >= 0.3 is 35.8 Å². The molecule has 0 aliphatic rings. The number of rotatable bonds is 41. The first-order chi connectivity index (χ1) is 49.8. The molecule has 0 fully saturated rings. The molecule has 6 atom stereocenters. The van der Waals surface area contributed by atoms with Crippen LogP contribution in [-0.2, 0) is 165 Å². The van der Waals surface area contributed by atoms with Gasteiger partial charge < -0.3 is 86.7 Å². The van der Waals surface area contributed by atoms with Gasteiger partial charge in [-0.05, 0) is 13.8 Å². The van der Waals surface area contributed by atoms with Crippen molar-refractivity contribution in [3.8, 4) is 34.5 Å². The van der Waals surface area contributed by atoms with Gasteiger partial charge in [-0.25, -0.2) is 28.8 Å². The van der Waals surface area contributed by atoms with E-state index >= 15 is 0 Å². The van der Waals surface area contributed by atoms with Crippen LogP contribution in [0.15, 0.2) is 222 Å². The van der Waals surface area contributed by atoms with E-state index in [-0.39, 0.29) is 176 Å². The van der Waals surface area contributed by atoms with Crippen LogP contribution in [0.5, 0.6) is 34.5 Å². The average molecular weight is 1920 g/mol. The third kappa shape index (κ3) is 65.0. The van der Waals surface area contributed by atoms with Crippen LogP contribution in [0.3, 0.4) is 0 Å². The molecular weight excluding hydrogens is 1830 g/mol. The van der Waals surface area contributed by atoms with Crippen molar-refractivity contribution in [2.24, 2.45) is 0 Å². The summed E-state index contributed by atoms with van der Waals surface area (Å²) in [5.74, 6) is 1.16. The van der Waals surface area contributed by atoms with Crippen LogP contribution in [-0.4, -0.2) is 185 Å². The molecule has 0 aromatic heterocycles. The van der Waals surface area contributed by atoms with Crippen LogP contribution in [0.1, 0.15) is 20.3 Å². The van der Waals surface area contributed by atoms with Crippen molar-refractivity contribution in [1.82, 2.24) is 0 Å². The molecule has 6 rings (SSSR count). The fourth-order valence-electron chi connectivity index (χ4n) is 6.28. The van der Waals surface area contributed by atoms with Crippen molar-refractivity contribution in [2.45, 2.75) is 56.9 Å². The van der Waals surface area contributed by atoms with Gasteiger partial charge in [-0.2, -0.15) is 109 Å². The van der Waals surface area contributed by atoms with Gasteiger partial charge in [-0.1, -0.05) is 39.5 Å². The van der Waals surface area contributed by atoms with E-state index in [2.05, 4.69) is 123 Å². The molecule has 0 aliphatic heterocycles. The second kappa shape index (κ2) is 74.4. The molecule has 0 amide bonds. The molecule has 3 radical (unpaired) electrons. The molecule has 0 aliphatic carbocycles. The van der Waals surface area contributed by atoms with Crippen molar-refractivity contribution in [2.75, 3.05) is 92.5 Å². The summed E-state index contributed by atoms with van der Waals surface area (Å²) in [5, 5.41) is 38.0. The van der Waals surface area contributed by atoms with Gasteiger partial charge in [-0.3, -0.25) is 0 Å². The number of aliphatic hydroxyl groups is 4. The zero-order valence-electron chi connectivity index (χ0n) is 59.1. The Kier molecular flexibility index (Phi) is 74.6. The van der Waals surface area contributed by atoms with E-state index < -0.39 is 60.2 Å². The number of hydrogen-bond donors (Lipinski definition) is 4. The number of benzene rings is 6. The van der Waals surface area contributed by atoms with Crippen LogP contribution in [0.2, 0.25) is 0 Å². The second-order valence-corrected chi connectivity index (χ2v) is 19.7. The predicted molar refractivity (Wildman–Crippen MR) is 399 cm³/mol. The number of hydrogen-bond acceptors (Lipinski definition) is 24. The van der Waals surface area contributed by atoms with Crippen LogP contribution >= 0.6 is 37.2 Å². The van der Waals surface area contributed by atoms with Crippen LogP contribution in [0, 0.1) is 36.4 Å². The fourth-order valence-corrected chi connectivity index (χ4v) is 6.28. The summed E-state index contributed by atoms with van der Waals surface area (Å²) in [4.78, 5) is 64.2. The first-order valence-electron chi connectivity index (χ1n) is 31.2. The summed E-state index contributed by atoms with van der Waals surface area (Å²) in [6.07, 6.45) is 3.18. The maximum absolute atomic E-state index is 10.8. The van der Waals surface area contributed by atoms with Crippen molar-refractivity contribution in [3.63, 3.8) is 0 Å². The van der Waals surface area contributed by atoms with Crippen molar-refractivity contribution in [3.05, 3.63) is 258 Å². The molecule has 4 N–H and O–H groups in total. The SMILES string of the molecule is C=CC(=O)OCC(O)COC(C)COc1cc[c-]cc1.C=CC(=O)OCC(O)COc1cc[c-]cc1.C=CC(=O)OCC(O)COc1cc[c-]cc1.C=CC(=O)OCCC(O)COC(C)COc1cc[c-]cc1.C=CC(=O)OCCOc1cc[c-]cc1.C=CC(=O)OCCOc1cc[c-]cc1.II.[Y].[Y].[Y]. The van der Waals surface area contributed by atoms with Crippen LogP contribution in [0.4, 0.5) is 0 Å². The molecule has 0 spiro atoms. The molecule has 6 aromatic rings. The Hall–Kier alpha value is -6.09. The molecule has 0 bridgehead atoms. The van der Waals surface area contributed by atoms with Gasteiger partial charge in [0, 0.05) is 213 Å². The van der Waals surface area contributed by atoms with Gasteiger partial charge in [0.05, 0.1) is 38.1 Å². The maximum atomic E-state index is 10.8. The molecule has 6 unspecified atom stereocenters. The molecule has 106 heavy (non-hydrogen) atoms. The Morgan fingerprint density at radius 2 is 0.519 bits per heavy atom. The number of carbonyl (C=O) groups excluding carboxylic acids is 6. The minimum Gasteiger partial charge on any atom is -0.516 e. The predicted octanol–water partition coefficient (Wildman–Crippen LogP) is 9.98. The zero-order valence-corrected chi connectivity index (χ0v) is 71.9. The van der Waals surface area contributed by atoms with Gasteiger partial charge in [0.2, 0.25) is 0 Å². The van der Waals surface area contributed by atoms with E-state index in [1.165, 1.54) is 0 Å². The van der Waals surface area contributed by atoms with Crippen LogP contribution in [0.25, 0.3) is 0 Å². The summed E-state index contributed by atoms with van der Waals surface area (Å²) in [5.41, 5.74) is 0. The molecule has 0 saturated heterocycles. The molecular formula is C77H88I2O24Y3-6. The summed E-state index contributed by atoms with van der Waals surface area (Å²) >= 11 is 4.24. The van der Waals surface area contributed by atoms with Crippen molar-refractivity contribution in [1.29, 1.82) is 0 Å². The largest absolute Gasteiger partial charge is 0.516 e. The normalized spacial score (nSPS) is 11.1. The second-order valence-electron chi connectivity index (χ2n) is 19.7. The standard InChI is InChI=1S/C16H21O5.C15H19O5.2C12H13O4.2C11H11O3.I2.3Y/c1-3-16(18)19-10-9-14(17)12-20-13(2)11-21-15-7-5-4-6-8-15;1-3-15(17)20-11-13(16)10-18-12(2)9-19-14-7-5-4-6-8-14;2*1-2-12(14)16-9-10(13)8-15-11-6-4-3-5-7-11;2*1-2-11(12)14-9-8-13-10-6-4-3-5-7-10;1-2;;;/h3,5-8,13-14,17H,1,9-12H2,2H3;3,5-8,12-13,16H,1,9-11H2,2H3;2*2,4-7,10,13H,1,8-9H2;2*2,4-7H,1,8-9H2;;;;/q6*-1;;;;. The first-order valence-corrected chi connectivity index (χ1v) is 37.5. The zero-order chi connectivity index (χ0) is 76.4. The number of ether oxygens (including phenoxy) is 14. The molecule has 24 nitrogen and oxygen atoms in total. The van der Waals surface area contributed by atoms with Gasteiger partial charge in [0.1, 0.15) is 91.0 Å². The Morgan fingerprint density at radius 1 is 0.311 bits per heavy atom. The monoisotopic (exact) mass is 1920 g/mol. The summed E-state index contributed by atoms with van der Waals surface area (Å²) in [6, 6.07) is 59.4.